The molecule has 0 saturated heterocycles. The first-order chi connectivity index (χ1) is 13.3. The van der Waals surface area contributed by atoms with Gasteiger partial charge < -0.3 is 15.2 Å². The van der Waals surface area contributed by atoms with Crippen molar-refractivity contribution in [2.75, 3.05) is 19.0 Å². The van der Waals surface area contributed by atoms with Gasteiger partial charge in [0.25, 0.3) is 0 Å². The molecule has 0 heterocycles. The number of ether oxygens (including phenoxy) is 1. The third kappa shape index (κ3) is 4.75. The lowest BCUT2D eigenvalue weighted by Crippen LogP contribution is -2.04. The minimum atomic E-state index is -0.0737. The fourth-order valence-corrected chi connectivity index (χ4v) is 3.19. The minimum Gasteiger partial charge on any atom is -0.507 e. The smallest absolute Gasteiger partial charge is 0.185 e. The van der Waals surface area contributed by atoms with Crippen LogP contribution in [0.3, 0.4) is 0 Å². The number of nitrogens with one attached hydrogen (secondary N) is 1. The zero-order chi connectivity index (χ0) is 20.8. The highest BCUT2D eigenvalue weighted by Crippen LogP contribution is 2.43. The molecule has 2 N–H and O–H groups in total. The molecule has 0 radical (unpaired) electrons. The molecule has 0 amide bonds. The Balaban J connectivity index is 2.49. The predicted octanol–water partition coefficient (Wildman–Crippen LogP) is 5.98. The molecule has 0 bridgehead atoms. The monoisotopic (exact) mass is 381 g/mol. The molecule has 4 heteroatoms. The van der Waals surface area contributed by atoms with Crippen molar-refractivity contribution in [3.63, 3.8) is 0 Å². The topological polar surface area (TPSA) is 58.6 Å². The molecule has 4 nitrogen and oxygen atoms in total. The molecule has 2 aromatic rings. The highest BCUT2D eigenvalue weighted by atomic mass is 16.5. The van der Waals surface area contributed by atoms with E-state index in [-0.39, 0.29) is 17.6 Å². The molecule has 0 unspecified atom stereocenters. The highest BCUT2D eigenvalue weighted by Gasteiger charge is 2.21. The first-order valence-corrected chi connectivity index (χ1v) is 9.82. The molecule has 0 aliphatic heterocycles. The second-order valence-corrected chi connectivity index (χ2v) is 7.41. The van der Waals surface area contributed by atoms with Gasteiger partial charge in [-0.1, -0.05) is 27.7 Å². The lowest BCUT2D eigenvalue weighted by Gasteiger charge is -2.21. The van der Waals surface area contributed by atoms with Gasteiger partial charge in [0.05, 0.1) is 6.61 Å². The molecular weight excluding hydrogens is 350 g/mol. The summed E-state index contributed by atoms with van der Waals surface area (Å²) in [7, 11) is 1.84. The number of aromatic hydroxyl groups is 1. The van der Waals surface area contributed by atoms with Crippen LogP contribution >= 0.6 is 0 Å². The molecule has 0 fully saturated rings. The molecule has 2 aromatic carbocycles. The number of hydrogen-bond donors (Lipinski definition) is 2. The van der Waals surface area contributed by atoms with Crippen LogP contribution in [0.1, 0.15) is 73.5 Å². The van der Waals surface area contributed by atoms with Gasteiger partial charge in [-0.2, -0.15) is 0 Å². The van der Waals surface area contributed by atoms with Crippen molar-refractivity contribution in [1.29, 1.82) is 0 Å². The summed E-state index contributed by atoms with van der Waals surface area (Å²) in [6.45, 7) is 10.6. The third-order valence-electron chi connectivity index (χ3n) is 4.71. The number of phenolic OH excluding ortho intramolecular Hbond substituents is 1. The molecular formula is C24H31NO3. The summed E-state index contributed by atoms with van der Waals surface area (Å²) in [6.07, 6.45) is 3.36. The summed E-state index contributed by atoms with van der Waals surface area (Å²) in [6, 6.07) is 9.28. The lowest BCUT2D eigenvalue weighted by molar-refractivity contribution is 0.104. The number of hydrogen-bond acceptors (Lipinski definition) is 4. The van der Waals surface area contributed by atoms with E-state index in [4.69, 9.17) is 4.74 Å². The van der Waals surface area contributed by atoms with E-state index in [0.29, 0.717) is 23.7 Å². The molecule has 150 valence electrons. The van der Waals surface area contributed by atoms with Gasteiger partial charge in [0.2, 0.25) is 0 Å². The van der Waals surface area contributed by atoms with Crippen LogP contribution in [0, 0.1) is 0 Å². The van der Waals surface area contributed by atoms with Crippen LogP contribution in [-0.2, 0) is 0 Å². The zero-order valence-electron chi connectivity index (χ0n) is 17.7. The summed E-state index contributed by atoms with van der Waals surface area (Å²) in [4.78, 5) is 12.6. The Morgan fingerprint density at radius 2 is 1.79 bits per heavy atom. The number of benzene rings is 2. The average molecular weight is 382 g/mol. The summed E-state index contributed by atoms with van der Waals surface area (Å²) in [5.41, 5.74) is 4.05. The average Bonchev–Trinajstić information content (AvgIpc) is 2.66. The van der Waals surface area contributed by atoms with Crippen molar-refractivity contribution in [3.8, 4) is 11.5 Å². The maximum absolute atomic E-state index is 12.6. The van der Waals surface area contributed by atoms with Gasteiger partial charge >= 0.3 is 0 Å². The molecule has 0 saturated carbocycles. The van der Waals surface area contributed by atoms with E-state index in [1.165, 1.54) is 0 Å². The summed E-state index contributed by atoms with van der Waals surface area (Å²) < 4.78 is 5.88. The van der Waals surface area contributed by atoms with Crippen LogP contribution in [-0.4, -0.2) is 24.5 Å². The fraction of sp³-hybridized carbons (Fsp3) is 0.375. The fourth-order valence-electron chi connectivity index (χ4n) is 3.19. The van der Waals surface area contributed by atoms with Gasteiger partial charge in [0.1, 0.15) is 11.5 Å². The van der Waals surface area contributed by atoms with Gasteiger partial charge in [0, 0.05) is 29.4 Å². The molecule has 2 rings (SSSR count). The second kappa shape index (κ2) is 9.45. The highest BCUT2D eigenvalue weighted by molar-refractivity contribution is 6.07. The van der Waals surface area contributed by atoms with Crippen molar-refractivity contribution >= 4 is 17.5 Å². The minimum absolute atomic E-state index is 0.0737. The Morgan fingerprint density at radius 1 is 1.14 bits per heavy atom. The number of phenols is 1. The largest absolute Gasteiger partial charge is 0.507 e. The zero-order valence-corrected chi connectivity index (χ0v) is 17.7. The Morgan fingerprint density at radius 3 is 2.29 bits per heavy atom. The molecule has 0 aliphatic rings. The molecule has 0 aliphatic carbocycles. The number of anilines is 1. The van der Waals surface area contributed by atoms with E-state index in [0.717, 1.165) is 22.4 Å². The Labute approximate surface area is 168 Å². The van der Waals surface area contributed by atoms with E-state index in [1.807, 2.05) is 59.9 Å². The standard InChI is InChI=1S/C24H31NO3/c1-7-28-24-18(14-20(15(2)3)23(27)22(24)16(4)5)10-13-21(26)17-8-11-19(25-6)12-9-17/h8-16,25,27H,7H2,1-6H3. The van der Waals surface area contributed by atoms with E-state index in [1.54, 1.807) is 24.3 Å². The first kappa shape index (κ1) is 21.5. The Bertz CT molecular complexity index is 849. The van der Waals surface area contributed by atoms with Crippen molar-refractivity contribution in [2.45, 2.75) is 46.5 Å². The van der Waals surface area contributed by atoms with Crippen molar-refractivity contribution in [1.82, 2.24) is 0 Å². The second-order valence-electron chi connectivity index (χ2n) is 7.41. The number of allylic oxidation sites excluding steroid dienone is 1. The van der Waals surface area contributed by atoms with Crippen LogP contribution in [0.4, 0.5) is 5.69 Å². The number of rotatable bonds is 8. The first-order valence-electron chi connectivity index (χ1n) is 9.82. The maximum atomic E-state index is 12.6. The lowest BCUT2D eigenvalue weighted by atomic mass is 9.90. The Hall–Kier alpha value is -2.75. The van der Waals surface area contributed by atoms with Gasteiger partial charge in [0.15, 0.2) is 5.78 Å². The van der Waals surface area contributed by atoms with E-state index in [2.05, 4.69) is 5.32 Å². The molecule has 0 spiro atoms. The maximum Gasteiger partial charge on any atom is 0.185 e. The number of carbonyl (C=O) groups excluding carboxylic acids is 1. The van der Waals surface area contributed by atoms with Crippen LogP contribution < -0.4 is 10.1 Å². The van der Waals surface area contributed by atoms with Gasteiger partial charge in [-0.25, -0.2) is 0 Å². The van der Waals surface area contributed by atoms with E-state index < -0.39 is 0 Å². The van der Waals surface area contributed by atoms with E-state index >= 15 is 0 Å². The normalized spacial score (nSPS) is 11.4. The van der Waals surface area contributed by atoms with Crippen molar-refractivity contribution in [3.05, 3.63) is 58.7 Å². The van der Waals surface area contributed by atoms with Crippen LogP contribution in [0.15, 0.2) is 36.4 Å². The third-order valence-corrected chi connectivity index (χ3v) is 4.71. The number of ketones is 1. The molecule has 0 aromatic heterocycles. The van der Waals surface area contributed by atoms with Crippen LogP contribution in [0.5, 0.6) is 11.5 Å². The SMILES string of the molecule is CCOc1c(C=CC(=O)c2ccc(NC)cc2)cc(C(C)C)c(O)c1C(C)C. The van der Waals surface area contributed by atoms with Gasteiger partial charge in [-0.15, -0.1) is 0 Å². The van der Waals surface area contributed by atoms with Crippen LogP contribution in [0.2, 0.25) is 0 Å². The molecule has 28 heavy (non-hydrogen) atoms. The summed E-state index contributed by atoms with van der Waals surface area (Å²) in [5, 5.41) is 13.8. The molecule has 0 atom stereocenters. The van der Waals surface area contributed by atoms with Crippen LogP contribution in [0.25, 0.3) is 6.08 Å². The summed E-state index contributed by atoms with van der Waals surface area (Å²) >= 11 is 0. The summed E-state index contributed by atoms with van der Waals surface area (Å²) in [5.74, 6) is 1.12. The van der Waals surface area contributed by atoms with Crippen molar-refractivity contribution < 1.29 is 14.6 Å². The van der Waals surface area contributed by atoms with Gasteiger partial charge in [-0.05, 0) is 66.8 Å². The Kier molecular flexibility index (Phi) is 7.27. The quantitative estimate of drug-likeness (QED) is 0.436. The van der Waals surface area contributed by atoms with E-state index in [9.17, 15) is 9.90 Å². The van der Waals surface area contributed by atoms with Gasteiger partial charge in [-0.3, -0.25) is 4.79 Å². The number of carbonyl (C=O) groups is 1. The van der Waals surface area contributed by atoms with Crippen molar-refractivity contribution in [2.24, 2.45) is 0 Å². The predicted molar refractivity (Wildman–Crippen MR) is 117 cm³/mol.